The molecule has 5 nitrogen and oxygen atoms in total. The number of likely N-dealkylation sites (tertiary alicyclic amines) is 1. The number of fused-ring (bicyclic) bond motifs is 1. The minimum absolute atomic E-state index is 0.145. The highest BCUT2D eigenvalue weighted by Crippen LogP contribution is 2.20. The number of aromatic nitrogens is 1. The quantitative estimate of drug-likeness (QED) is 0.870. The molecule has 24 heavy (non-hydrogen) atoms. The fourth-order valence-electron chi connectivity index (χ4n) is 3.36. The number of pyridine rings is 1. The molecule has 0 spiro atoms. The lowest BCUT2D eigenvalue weighted by atomic mass is 10.1. The van der Waals surface area contributed by atoms with Crippen LogP contribution in [0, 0.1) is 0 Å². The molecule has 0 aliphatic carbocycles. The van der Waals surface area contributed by atoms with Crippen LogP contribution in [0.4, 0.5) is 0 Å². The van der Waals surface area contributed by atoms with E-state index in [4.69, 9.17) is 4.74 Å². The lowest BCUT2D eigenvalue weighted by molar-refractivity contribution is 0.0759. The van der Waals surface area contributed by atoms with Crippen molar-refractivity contribution in [2.75, 3.05) is 20.2 Å². The maximum Gasteiger partial charge on any atom is 0.259 e. The first-order valence-corrected chi connectivity index (χ1v) is 8.66. The summed E-state index contributed by atoms with van der Waals surface area (Å²) in [5, 5.41) is 0.539. The van der Waals surface area contributed by atoms with E-state index in [2.05, 4.69) is 0 Å². The molecule has 1 aromatic carbocycles. The van der Waals surface area contributed by atoms with Crippen molar-refractivity contribution < 1.29 is 9.53 Å². The second-order valence-corrected chi connectivity index (χ2v) is 6.25. The molecule has 1 aromatic heterocycles. The van der Waals surface area contributed by atoms with Crippen LogP contribution in [0.1, 0.15) is 43.0 Å². The standard InChI is InChI=1S/C19H24N2O3/c1-3-20-13-16(19(23)21-10-6-4-5-7-11-21)18(22)15-12-14(24-2)8-9-17(15)20/h8-9,12-13H,3-7,10-11H2,1-2H3. The average Bonchev–Trinajstić information content (AvgIpc) is 2.90. The summed E-state index contributed by atoms with van der Waals surface area (Å²) in [4.78, 5) is 27.7. The monoisotopic (exact) mass is 328 g/mol. The highest BCUT2D eigenvalue weighted by atomic mass is 16.5. The van der Waals surface area contributed by atoms with E-state index in [1.807, 2.05) is 28.5 Å². The van der Waals surface area contributed by atoms with E-state index in [-0.39, 0.29) is 16.9 Å². The molecule has 2 aromatic rings. The number of benzene rings is 1. The second kappa shape index (κ2) is 7.07. The van der Waals surface area contributed by atoms with Crippen molar-refractivity contribution >= 4 is 16.8 Å². The molecule has 0 atom stereocenters. The van der Waals surface area contributed by atoms with Crippen LogP contribution < -0.4 is 10.2 Å². The number of hydrogen-bond donors (Lipinski definition) is 0. The summed E-state index contributed by atoms with van der Waals surface area (Å²) in [6, 6.07) is 5.44. The summed E-state index contributed by atoms with van der Waals surface area (Å²) >= 11 is 0. The summed E-state index contributed by atoms with van der Waals surface area (Å²) in [7, 11) is 1.58. The van der Waals surface area contributed by atoms with Gasteiger partial charge in [0.15, 0.2) is 0 Å². The van der Waals surface area contributed by atoms with Gasteiger partial charge in [-0.2, -0.15) is 0 Å². The Labute approximate surface area is 141 Å². The van der Waals surface area contributed by atoms with Crippen molar-refractivity contribution in [1.82, 2.24) is 9.47 Å². The fraction of sp³-hybridized carbons (Fsp3) is 0.474. The summed E-state index contributed by atoms with van der Waals surface area (Å²) in [6.45, 7) is 4.18. The first-order chi connectivity index (χ1) is 11.7. The molecule has 0 radical (unpaired) electrons. The predicted octanol–water partition coefficient (Wildman–Crippen LogP) is 3.05. The number of carbonyl (C=O) groups excluding carboxylic acids is 1. The number of methoxy groups -OCH3 is 1. The zero-order chi connectivity index (χ0) is 17.1. The number of amides is 1. The van der Waals surface area contributed by atoms with Crippen LogP contribution in [-0.4, -0.2) is 35.6 Å². The molecule has 0 saturated carbocycles. The van der Waals surface area contributed by atoms with Gasteiger partial charge in [0.25, 0.3) is 5.91 Å². The molecule has 1 amide bonds. The highest BCUT2D eigenvalue weighted by molar-refractivity contribution is 5.97. The highest BCUT2D eigenvalue weighted by Gasteiger charge is 2.22. The Kier molecular flexibility index (Phi) is 4.88. The summed E-state index contributed by atoms with van der Waals surface area (Å²) in [6.07, 6.45) is 6.03. The zero-order valence-corrected chi connectivity index (χ0v) is 14.4. The summed E-state index contributed by atoms with van der Waals surface area (Å²) < 4.78 is 7.20. The van der Waals surface area contributed by atoms with E-state index in [0.29, 0.717) is 17.7 Å². The predicted molar refractivity (Wildman–Crippen MR) is 94.8 cm³/mol. The van der Waals surface area contributed by atoms with Gasteiger partial charge >= 0.3 is 0 Å². The fourth-order valence-corrected chi connectivity index (χ4v) is 3.36. The van der Waals surface area contributed by atoms with Crippen LogP contribution in [0.3, 0.4) is 0 Å². The van der Waals surface area contributed by atoms with E-state index in [1.165, 1.54) is 0 Å². The largest absolute Gasteiger partial charge is 0.497 e. The minimum Gasteiger partial charge on any atom is -0.497 e. The van der Waals surface area contributed by atoms with Gasteiger partial charge in [0.05, 0.1) is 18.0 Å². The number of ether oxygens (including phenoxy) is 1. The first kappa shape index (κ1) is 16.6. The number of carbonyl (C=O) groups is 1. The molecule has 0 N–H and O–H groups in total. The van der Waals surface area contributed by atoms with Crippen LogP contribution in [-0.2, 0) is 6.54 Å². The third-order valence-electron chi connectivity index (χ3n) is 4.75. The molecule has 1 aliphatic rings. The molecule has 1 saturated heterocycles. The summed E-state index contributed by atoms with van der Waals surface area (Å²) in [5.74, 6) is 0.482. The smallest absolute Gasteiger partial charge is 0.259 e. The maximum atomic E-state index is 12.9. The van der Waals surface area contributed by atoms with Gasteiger partial charge in [-0.05, 0) is 38.0 Å². The number of aryl methyl sites for hydroxylation is 1. The minimum atomic E-state index is -0.206. The van der Waals surface area contributed by atoms with Crippen LogP contribution in [0.5, 0.6) is 5.75 Å². The maximum absolute atomic E-state index is 12.9. The third-order valence-corrected chi connectivity index (χ3v) is 4.75. The van der Waals surface area contributed by atoms with Crippen molar-refractivity contribution in [3.05, 3.63) is 40.2 Å². The Bertz CT molecular complexity index is 802. The van der Waals surface area contributed by atoms with Crippen molar-refractivity contribution in [2.45, 2.75) is 39.2 Å². The number of hydrogen-bond acceptors (Lipinski definition) is 3. The second-order valence-electron chi connectivity index (χ2n) is 6.25. The molecule has 3 rings (SSSR count). The third kappa shape index (κ3) is 3.03. The molecule has 1 fully saturated rings. The Morgan fingerprint density at radius 3 is 2.50 bits per heavy atom. The molecule has 128 valence electrons. The SMILES string of the molecule is CCn1cc(C(=O)N2CCCCCC2)c(=O)c2cc(OC)ccc21. The molecule has 0 unspecified atom stereocenters. The molecule has 0 bridgehead atoms. The van der Waals surface area contributed by atoms with Crippen LogP contribution >= 0.6 is 0 Å². The van der Waals surface area contributed by atoms with Gasteiger partial charge < -0.3 is 14.2 Å². The number of rotatable bonds is 3. The van der Waals surface area contributed by atoms with Crippen molar-refractivity contribution in [2.24, 2.45) is 0 Å². The molecule has 5 heteroatoms. The topological polar surface area (TPSA) is 51.5 Å². The van der Waals surface area contributed by atoms with Gasteiger partial charge in [-0.1, -0.05) is 12.8 Å². The van der Waals surface area contributed by atoms with E-state index in [0.717, 1.165) is 44.3 Å². The van der Waals surface area contributed by atoms with Crippen molar-refractivity contribution in [3.8, 4) is 5.75 Å². The van der Waals surface area contributed by atoms with E-state index >= 15 is 0 Å². The Hall–Kier alpha value is -2.30. The van der Waals surface area contributed by atoms with E-state index in [1.54, 1.807) is 19.4 Å². The van der Waals surface area contributed by atoms with Gasteiger partial charge in [0, 0.05) is 25.8 Å². The van der Waals surface area contributed by atoms with E-state index < -0.39 is 0 Å². The van der Waals surface area contributed by atoms with Crippen LogP contribution in [0.25, 0.3) is 10.9 Å². The normalized spacial score (nSPS) is 15.3. The average molecular weight is 328 g/mol. The first-order valence-electron chi connectivity index (χ1n) is 8.66. The summed E-state index contributed by atoms with van der Waals surface area (Å²) in [5.41, 5.74) is 0.887. The van der Waals surface area contributed by atoms with Gasteiger partial charge in [-0.15, -0.1) is 0 Å². The molecular weight excluding hydrogens is 304 g/mol. The van der Waals surface area contributed by atoms with Crippen molar-refractivity contribution in [1.29, 1.82) is 0 Å². The molecule has 2 heterocycles. The Balaban J connectivity index is 2.11. The van der Waals surface area contributed by atoms with Crippen LogP contribution in [0.2, 0.25) is 0 Å². The van der Waals surface area contributed by atoms with Gasteiger partial charge in [0.1, 0.15) is 11.3 Å². The molecule has 1 aliphatic heterocycles. The van der Waals surface area contributed by atoms with Gasteiger partial charge in [-0.25, -0.2) is 0 Å². The van der Waals surface area contributed by atoms with Gasteiger partial charge in [0.2, 0.25) is 5.43 Å². The van der Waals surface area contributed by atoms with Crippen LogP contribution in [0.15, 0.2) is 29.2 Å². The number of nitrogens with zero attached hydrogens (tertiary/aromatic N) is 2. The van der Waals surface area contributed by atoms with E-state index in [9.17, 15) is 9.59 Å². The Morgan fingerprint density at radius 2 is 1.88 bits per heavy atom. The van der Waals surface area contributed by atoms with Crippen molar-refractivity contribution in [3.63, 3.8) is 0 Å². The zero-order valence-electron chi connectivity index (χ0n) is 14.4. The van der Waals surface area contributed by atoms with Gasteiger partial charge in [-0.3, -0.25) is 9.59 Å². The lowest BCUT2D eigenvalue weighted by Gasteiger charge is -2.21. The Morgan fingerprint density at radius 1 is 1.17 bits per heavy atom. The molecular formula is C19H24N2O3. The lowest BCUT2D eigenvalue weighted by Crippen LogP contribution is -2.35.